The Labute approximate surface area is 60.7 Å². The van der Waals surface area contributed by atoms with E-state index in [2.05, 4.69) is 31.2 Å². The second kappa shape index (κ2) is 3.82. The van der Waals surface area contributed by atoms with Crippen molar-refractivity contribution in [3.05, 3.63) is 29.8 Å². The fourth-order valence-corrected chi connectivity index (χ4v) is 0.650. The van der Waals surface area contributed by atoms with E-state index in [1.807, 2.05) is 0 Å². The molecule has 0 bridgehead atoms. The van der Waals surface area contributed by atoms with Crippen molar-refractivity contribution in [3.63, 3.8) is 0 Å². The SMILES string of the molecule is CC[c-]1cccc1.[Mn]. The van der Waals surface area contributed by atoms with Crippen molar-refractivity contribution in [2.24, 2.45) is 0 Å². The first kappa shape index (κ1) is 7.87. The largest absolute Gasteiger partial charge is 0.213 e. The summed E-state index contributed by atoms with van der Waals surface area (Å²) in [7, 11) is 0. The minimum atomic E-state index is 0. The summed E-state index contributed by atoms with van der Waals surface area (Å²) in [6, 6.07) is 8.41. The zero-order valence-corrected chi connectivity index (χ0v) is 6.07. The van der Waals surface area contributed by atoms with Gasteiger partial charge in [-0.1, -0.05) is 13.3 Å². The maximum absolute atomic E-state index is 2.16. The maximum atomic E-state index is 2.16. The van der Waals surface area contributed by atoms with Crippen LogP contribution in [0.5, 0.6) is 0 Å². The molecule has 8 heavy (non-hydrogen) atoms. The van der Waals surface area contributed by atoms with Crippen LogP contribution in [0.4, 0.5) is 0 Å². The van der Waals surface area contributed by atoms with Crippen LogP contribution in [0.25, 0.3) is 0 Å². The first-order chi connectivity index (χ1) is 3.43. The zero-order valence-electron chi connectivity index (χ0n) is 4.89. The van der Waals surface area contributed by atoms with Crippen LogP contribution in [-0.2, 0) is 23.5 Å². The fraction of sp³-hybridized carbons (Fsp3) is 0.286. The Balaban J connectivity index is 0.000000490. The molecule has 0 saturated carbocycles. The van der Waals surface area contributed by atoms with Crippen molar-refractivity contribution in [1.82, 2.24) is 0 Å². The summed E-state index contributed by atoms with van der Waals surface area (Å²) in [5.41, 5.74) is 1.43. The van der Waals surface area contributed by atoms with Crippen molar-refractivity contribution >= 4 is 0 Å². The summed E-state index contributed by atoms with van der Waals surface area (Å²) in [6.07, 6.45) is 1.16. The van der Waals surface area contributed by atoms with E-state index in [0.717, 1.165) is 6.42 Å². The minimum Gasteiger partial charge on any atom is -0.213 e. The standard InChI is InChI=1S/C7H9.Mn/c1-2-7-5-3-4-6-7;/h3-6H,2H2,1H3;/q-1;. The molecule has 0 aliphatic carbocycles. The van der Waals surface area contributed by atoms with Gasteiger partial charge in [0.15, 0.2) is 0 Å². The summed E-state index contributed by atoms with van der Waals surface area (Å²) in [5.74, 6) is 0. The molecule has 0 aliphatic heterocycles. The van der Waals surface area contributed by atoms with E-state index in [-0.39, 0.29) is 17.1 Å². The van der Waals surface area contributed by atoms with Crippen molar-refractivity contribution < 1.29 is 17.1 Å². The molecule has 0 saturated heterocycles. The first-order valence-corrected chi connectivity index (χ1v) is 2.64. The summed E-state index contributed by atoms with van der Waals surface area (Å²) >= 11 is 0. The van der Waals surface area contributed by atoms with Crippen LogP contribution in [0.2, 0.25) is 0 Å². The smallest absolute Gasteiger partial charge is 0 e. The quantitative estimate of drug-likeness (QED) is 0.422. The Morgan fingerprint density at radius 3 is 2.00 bits per heavy atom. The summed E-state index contributed by atoms with van der Waals surface area (Å²) < 4.78 is 0. The summed E-state index contributed by atoms with van der Waals surface area (Å²) in [6.45, 7) is 2.16. The second-order valence-electron chi connectivity index (χ2n) is 1.65. The minimum absolute atomic E-state index is 0. The number of hydrogen-bond donors (Lipinski definition) is 0. The summed E-state index contributed by atoms with van der Waals surface area (Å²) in [5, 5.41) is 0. The third-order valence-corrected chi connectivity index (χ3v) is 1.14. The van der Waals surface area contributed by atoms with Gasteiger partial charge in [0.05, 0.1) is 0 Å². The third-order valence-electron chi connectivity index (χ3n) is 1.14. The second-order valence-corrected chi connectivity index (χ2v) is 1.65. The van der Waals surface area contributed by atoms with Gasteiger partial charge in [-0.25, -0.2) is 12.1 Å². The van der Waals surface area contributed by atoms with E-state index in [0.29, 0.717) is 0 Å². The predicted octanol–water partition coefficient (Wildman–Crippen LogP) is 1.97. The Morgan fingerprint density at radius 1 is 1.25 bits per heavy atom. The molecule has 0 aliphatic rings. The van der Waals surface area contributed by atoms with Crippen LogP contribution in [0.1, 0.15) is 12.5 Å². The molecule has 0 fully saturated rings. The Morgan fingerprint density at radius 2 is 1.75 bits per heavy atom. The molecular weight excluding hydrogens is 139 g/mol. The van der Waals surface area contributed by atoms with Crippen molar-refractivity contribution in [3.8, 4) is 0 Å². The van der Waals surface area contributed by atoms with Gasteiger partial charge >= 0.3 is 0 Å². The van der Waals surface area contributed by atoms with Crippen LogP contribution in [0.3, 0.4) is 0 Å². The van der Waals surface area contributed by atoms with E-state index in [1.165, 1.54) is 5.56 Å². The first-order valence-electron chi connectivity index (χ1n) is 2.64. The molecule has 1 aromatic rings. The van der Waals surface area contributed by atoms with Gasteiger partial charge in [-0.3, -0.25) is 0 Å². The average Bonchev–Trinajstić information content (AvgIpc) is 2.14. The molecule has 0 amide bonds. The van der Waals surface area contributed by atoms with Gasteiger partial charge < -0.3 is 0 Å². The van der Waals surface area contributed by atoms with Crippen molar-refractivity contribution in [1.29, 1.82) is 0 Å². The van der Waals surface area contributed by atoms with Gasteiger partial charge in [-0.15, -0.1) is 0 Å². The summed E-state index contributed by atoms with van der Waals surface area (Å²) in [4.78, 5) is 0. The molecule has 1 heteroatoms. The molecule has 0 aromatic heterocycles. The fourth-order valence-electron chi connectivity index (χ4n) is 0.650. The van der Waals surface area contributed by atoms with Gasteiger partial charge in [0.25, 0.3) is 0 Å². The van der Waals surface area contributed by atoms with Crippen molar-refractivity contribution in [2.45, 2.75) is 13.3 Å². The van der Waals surface area contributed by atoms with Crippen LogP contribution >= 0.6 is 0 Å². The Hall–Kier alpha value is -0.131. The van der Waals surface area contributed by atoms with E-state index < -0.39 is 0 Å². The normalized spacial score (nSPS) is 8.12. The molecule has 0 unspecified atom stereocenters. The Bertz CT molecular complexity index is 119. The van der Waals surface area contributed by atoms with Crippen molar-refractivity contribution in [2.75, 3.05) is 0 Å². The molecule has 0 atom stereocenters. The van der Waals surface area contributed by atoms with Gasteiger partial charge in [-0.05, 0) is 0 Å². The van der Waals surface area contributed by atoms with Crippen LogP contribution in [0, 0.1) is 0 Å². The molecular formula is C7H9Mn-. The van der Waals surface area contributed by atoms with Crippen LogP contribution in [-0.4, -0.2) is 0 Å². The molecule has 1 radical (unpaired) electrons. The molecule has 0 nitrogen and oxygen atoms in total. The molecule has 0 heterocycles. The van der Waals surface area contributed by atoms with Crippen LogP contribution < -0.4 is 0 Å². The van der Waals surface area contributed by atoms with Gasteiger partial charge in [0, 0.05) is 17.1 Å². The van der Waals surface area contributed by atoms with E-state index in [4.69, 9.17) is 0 Å². The predicted molar refractivity (Wildman–Crippen MR) is 31.4 cm³/mol. The zero-order chi connectivity index (χ0) is 5.11. The third kappa shape index (κ3) is 1.77. The molecule has 45 valence electrons. The van der Waals surface area contributed by atoms with Gasteiger partial charge in [0.2, 0.25) is 0 Å². The number of aryl methyl sites for hydroxylation is 1. The van der Waals surface area contributed by atoms with Gasteiger partial charge in [0.1, 0.15) is 0 Å². The Kier molecular flexibility index (Phi) is 3.76. The van der Waals surface area contributed by atoms with E-state index in [1.54, 1.807) is 0 Å². The molecule has 1 aromatic carbocycles. The van der Waals surface area contributed by atoms with E-state index >= 15 is 0 Å². The molecule has 0 spiro atoms. The number of hydrogen-bond acceptors (Lipinski definition) is 0. The average molecular weight is 148 g/mol. The van der Waals surface area contributed by atoms with Crippen LogP contribution in [0.15, 0.2) is 24.3 Å². The number of rotatable bonds is 1. The van der Waals surface area contributed by atoms with E-state index in [9.17, 15) is 0 Å². The molecule has 1 rings (SSSR count). The maximum Gasteiger partial charge on any atom is 0 e. The molecule has 0 N–H and O–H groups in total. The topological polar surface area (TPSA) is 0 Å². The monoisotopic (exact) mass is 148 g/mol. The van der Waals surface area contributed by atoms with Gasteiger partial charge in [-0.2, -0.15) is 17.7 Å².